The fourth-order valence-corrected chi connectivity index (χ4v) is 4.52. The van der Waals surface area contributed by atoms with Crippen LogP contribution in [0.1, 0.15) is 26.2 Å². The third-order valence-corrected chi connectivity index (χ3v) is 6.88. The molecule has 3 rings (SSSR count). The molecule has 0 spiro atoms. The average Bonchev–Trinajstić information content (AvgIpc) is 3.24. The lowest BCUT2D eigenvalue weighted by Crippen LogP contribution is -2.30. The van der Waals surface area contributed by atoms with E-state index in [4.69, 9.17) is 16.1 Å². The molecule has 0 saturated heterocycles. The van der Waals surface area contributed by atoms with E-state index in [9.17, 15) is 13.2 Å². The van der Waals surface area contributed by atoms with Gasteiger partial charge < -0.3 is 9.84 Å². The molecule has 1 amide bonds. The lowest BCUT2D eigenvalue weighted by Gasteiger charge is -2.19. The van der Waals surface area contributed by atoms with Crippen molar-refractivity contribution in [2.24, 2.45) is 0 Å². The highest BCUT2D eigenvalue weighted by atomic mass is 35.5. The van der Waals surface area contributed by atoms with Crippen LogP contribution in [0.5, 0.6) is 0 Å². The van der Waals surface area contributed by atoms with Crippen LogP contribution in [0.25, 0.3) is 11.4 Å². The highest BCUT2D eigenvalue weighted by Crippen LogP contribution is 2.27. The summed E-state index contributed by atoms with van der Waals surface area (Å²) in [6.45, 7) is 4.20. The molecule has 0 aliphatic heterocycles. The molecule has 9 nitrogen and oxygen atoms in total. The first-order valence-corrected chi connectivity index (χ1v) is 11.5. The number of anilines is 1. The van der Waals surface area contributed by atoms with Crippen LogP contribution in [0.4, 0.5) is 5.69 Å². The molecule has 2 heterocycles. The smallest absolute Gasteiger partial charge is 0.243 e. The van der Waals surface area contributed by atoms with Gasteiger partial charge >= 0.3 is 0 Å². The number of benzene rings is 1. The number of nitrogens with zero attached hydrogens (tertiary/aromatic N) is 4. The van der Waals surface area contributed by atoms with E-state index in [0.29, 0.717) is 30.4 Å². The molecule has 164 valence electrons. The fourth-order valence-electron chi connectivity index (χ4n) is 2.88. The second-order valence-electron chi connectivity index (χ2n) is 6.53. The fraction of sp³-hybridized carbons (Fsp3) is 0.300. The third-order valence-electron chi connectivity index (χ3n) is 4.51. The first-order valence-electron chi connectivity index (χ1n) is 9.67. The Morgan fingerprint density at radius 3 is 2.68 bits per heavy atom. The molecule has 0 bridgehead atoms. The molecular formula is C20H22ClN5O4S. The van der Waals surface area contributed by atoms with Crippen LogP contribution >= 0.6 is 11.6 Å². The number of nitrogens with one attached hydrogen (secondary N) is 1. The van der Waals surface area contributed by atoms with Crippen molar-refractivity contribution in [1.82, 2.24) is 19.4 Å². The summed E-state index contributed by atoms with van der Waals surface area (Å²) >= 11 is 6.16. The maximum atomic E-state index is 12.7. The zero-order valence-corrected chi connectivity index (χ0v) is 18.7. The Balaban J connectivity index is 1.66. The molecule has 0 unspecified atom stereocenters. The summed E-state index contributed by atoms with van der Waals surface area (Å²) in [5.74, 6) is 0.333. The second-order valence-corrected chi connectivity index (χ2v) is 8.88. The second kappa shape index (κ2) is 9.99. The van der Waals surface area contributed by atoms with Crippen LogP contribution in [-0.4, -0.2) is 46.8 Å². The van der Waals surface area contributed by atoms with Gasteiger partial charge in [0, 0.05) is 43.9 Å². The number of halogens is 1. The molecule has 0 aliphatic carbocycles. The van der Waals surface area contributed by atoms with Crippen LogP contribution in [-0.2, 0) is 21.2 Å². The molecule has 2 aromatic heterocycles. The summed E-state index contributed by atoms with van der Waals surface area (Å²) in [7, 11) is -3.67. The Kier molecular flexibility index (Phi) is 7.37. The van der Waals surface area contributed by atoms with Gasteiger partial charge in [-0.25, -0.2) is 8.42 Å². The van der Waals surface area contributed by atoms with E-state index >= 15 is 0 Å². The van der Waals surface area contributed by atoms with Crippen LogP contribution in [0.2, 0.25) is 5.02 Å². The van der Waals surface area contributed by atoms with Gasteiger partial charge in [0.05, 0.1) is 15.6 Å². The number of sulfonamides is 1. The molecular weight excluding hydrogens is 442 g/mol. The van der Waals surface area contributed by atoms with Gasteiger partial charge in [0.25, 0.3) is 0 Å². The van der Waals surface area contributed by atoms with Gasteiger partial charge in [-0.2, -0.15) is 9.29 Å². The van der Waals surface area contributed by atoms with E-state index in [0.717, 1.165) is 0 Å². The van der Waals surface area contributed by atoms with Crippen molar-refractivity contribution in [1.29, 1.82) is 0 Å². The monoisotopic (exact) mass is 463 g/mol. The lowest BCUT2D eigenvalue weighted by molar-refractivity contribution is -0.116. The van der Waals surface area contributed by atoms with Gasteiger partial charge in [0.15, 0.2) is 0 Å². The Bertz CT molecular complexity index is 1150. The Labute approximate surface area is 185 Å². The number of aromatic nitrogens is 3. The molecule has 1 N–H and O–H groups in total. The molecule has 0 fully saturated rings. The van der Waals surface area contributed by atoms with Crippen molar-refractivity contribution < 1.29 is 17.7 Å². The molecule has 0 saturated carbocycles. The largest absolute Gasteiger partial charge is 0.339 e. The number of rotatable bonds is 9. The topological polar surface area (TPSA) is 118 Å². The van der Waals surface area contributed by atoms with Crippen molar-refractivity contribution in [3.8, 4) is 11.4 Å². The van der Waals surface area contributed by atoms with Gasteiger partial charge in [0.2, 0.25) is 27.6 Å². The van der Waals surface area contributed by atoms with Crippen molar-refractivity contribution in [3.63, 3.8) is 0 Å². The summed E-state index contributed by atoms with van der Waals surface area (Å²) in [4.78, 5) is 20.7. The van der Waals surface area contributed by atoms with E-state index in [2.05, 4.69) is 20.4 Å². The summed E-state index contributed by atoms with van der Waals surface area (Å²) in [6.07, 6.45) is 3.52. The van der Waals surface area contributed by atoms with Crippen molar-refractivity contribution in [2.75, 3.05) is 18.4 Å². The van der Waals surface area contributed by atoms with E-state index in [1.807, 2.05) is 0 Å². The van der Waals surface area contributed by atoms with Crippen LogP contribution in [0.3, 0.4) is 0 Å². The van der Waals surface area contributed by atoms with Gasteiger partial charge in [-0.05, 0) is 30.3 Å². The van der Waals surface area contributed by atoms with E-state index < -0.39 is 10.0 Å². The summed E-state index contributed by atoms with van der Waals surface area (Å²) in [5.41, 5.74) is 0.932. The average molecular weight is 464 g/mol. The maximum absolute atomic E-state index is 12.7. The van der Waals surface area contributed by atoms with E-state index in [-0.39, 0.29) is 34.4 Å². The Morgan fingerprint density at radius 2 is 2.00 bits per heavy atom. The van der Waals surface area contributed by atoms with Crippen molar-refractivity contribution in [2.45, 2.75) is 31.6 Å². The van der Waals surface area contributed by atoms with E-state index in [1.165, 1.54) is 22.5 Å². The zero-order valence-electron chi connectivity index (χ0n) is 17.1. The highest BCUT2D eigenvalue weighted by Gasteiger charge is 2.23. The quantitative estimate of drug-likeness (QED) is 0.516. The van der Waals surface area contributed by atoms with Crippen molar-refractivity contribution in [3.05, 3.63) is 53.6 Å². The van der Waals surface area contributed by atoms with Gasteiger partial charge in [-0.1, -0.05) is 30.6 Å². The first kappa shape index (κ1) is 22.9. The number of aryl methyl sites for hydroxylation is 1. The maximum Gasteiger partial charge on any atom is 0.243 e. The number of pyridine rings is 1. The minimum atomic E-state index is -3.67. The number of carbonyl (C=O) groups is 1. The Hall–Kier alpha value is -2.82. The van der Waals surface area contributed by atoms with Crippen LogP contribution in [0, 0.1) is 0 Å². The summed E-state index contributed by atoms with van der Waals surface area (Å²) < 4.78 is 31.9. The Morgan fingerprint density at radius 1 is 1.23 bits per heavy atom. The molecule has 0 radical (unpaired) electrons. The summed E-state index contributed by atoms with van der Waals surface area (Å²) in [5, 5.41) is 6.78. The standard InChI is InChI=1S/C20H22ClN5O4S/c1-3-26(4-2)31(28,29)15-7-8-16(21)17(12-15)23-18(27)9-10-19-24-20(25-30-19)14-6-5-11-22-13-14/h5-8,11-13H,3-4,9-10H2,1-2H3,(H,23,27). The SMILES string of the molecule is CCN(CC)S(=O)(=O)c1ccc(Cl)c(NC(=O)CCc2nc(-c3cccnc3)no2)c1. The highest BCUT2D eigenvalue weighted by molar-refractivity contribution is 7.89. The number of carbonyl (C=O) groups excluding carboxylic acids is 1. The zero-order chi connectivity index (χ0) is 22.4. The van der Waals surface area contributed by atoms with Gasteiger partial charge in [-0.3, -0.25) is 9.78 Å². The van der Waals surface area contributed by atoms with Crippen LogP contribution < -0.4 is 5.32 Å². The molecule has 3 aromatic rings. The summed E-state index contributed by atoms with van der Waals surface area (Å²) in [6, 6.07) is 7.80. The van der Waals surface area contributed by atoms with E-state index in [1.54, 1.807) is 38.4 Å². The van der Waals surface area contributed by atoms with Gasteiger partial charge in [-0.15, -0.1) is 0 Å². The molecule has 0 aliphatic rings. The first-order chi connectivity index (χ1) is 14.8. The minimum Gasteiger partial charge on any atom is -0.339 e. The molecule has 31 heavy (non-hydrogen) atoms. The molecule has 11 heteroatoms. The minimum absolute atomic E-state index is 0.0536. The van der Waals surface area contributed by atoms with Gasteiger partial charge in [0.1, 0.15) is 0 Å². The van der Waals surface area contributed by atoms with Crippen molar-refractivity contribution >= 4 is 33.2 Å². The predicted octanol–water partition coefficient (Wildman–Crippen LogP) is 3.39. The third kappa shape index (κ3) is 5.46. The van der Waals surface area contributed by atoms with Crippen LogP contribution in [0.15, 0.2) is 52.1 Å². The predicted molar refractivity (Wildman–Crippen MR) is 116 cm³/mol. The number of amides is 1. The molecule has 1 aromatic carbocycles. The lowest BCUT2D eigenvalue weighted by atomic mass is 10.2. The number of hydrogen-bond donors (Lipinski definition) is 1. The normalized spacial score (nSPS) is 11.6. The molecule has 0 atom stereocenters. The number of hydrogen-bond acceptors (Lipinski definition) is 7.